The van der Waals surface area contributed by atoms with Gasteiger partial charge in [0.2, 0.25) is 0 Å². The van der Waals surface area contributed by atoms with Crippen LogP contribution in [0.3, 0.4) is 0 Å². The molecule has 2 heteroatoms. The molecular weight excluding hydrogens is 152 g/mol. The Morgan fingerprint density at radius 3 is 3.00 bits per heavy atom. The summed E-state index contributed by atoms with van der Waals surface area (Å²) in [5, 5.41) is 0. The Hall–Kier alpha value is -0.630. The fourth-order valence-electron chi connectivity index (χ4n) is 3.54. The maximum absolute atomic E-state index is 11.7. The Labute approximate surface area is 70.6 Å². The number of hydrogen-bond acceptors (Lipinski definition) is 2. The second-order valence-electron chi connectivity index (χ2n) is 4.48. The van der Waals surface area contributed by atoms with E-state index in [0.717, 1.165) is 0 Å². The first-order chi connectivity index (χ1) is 5.86. The van der Waals surface area contributed by atoms with Crippen molar-refractivity contribution in [1.82, 2.24) is 0 Å². The maximum atomic E-state index is 11.7. The van der Waals surface area contributed by atoms with Gasteiger partial charge in [-0.2, -0.15) is 0 Å². The highest BCUT2D eigenvalue weighted by Gasteiger charge is 2.68. The first kappa shape index (κ1) is 5.92. The second kappa shape index (κ2) is 1.53. The molecule has 3 aliphatic carbocycles. The highest BCUT2D eigenvalue weighted by molar-refractivity contribution is 5.92. The zero-order valence-electron chi connectivity index (χ0n) is 6.64. The number of rotatable bonds is 0. The molecule has 0 spiro atoms. The van der Waals surface area contributed by atoms with Crippen LogP contribution in [-0.4, -0.2) is 18.0 Å². The normalized spacial score (nSPS) is 63.8. The quantitative estimate of drug-likeness (QED) is 0.389. The van der Waals surface area contributed by atoms with Crippen LogP contribution in [0.25, 0.3) is 0 Å². The topological polar surface area (TPSA) is 29.6 Å². The molecule has 12 heavy (non-hydrogen) atoms. The lowest BCUT2D eigenvalue weighted by molar-refractivity contribution is -0.125. The fraction of sp³-hybridized carbons (Fsp3) is 0.700. The predicted octanol–water partition coefficient (Wildman–Crippen LogP) is 0.775. The van der Waals surface area contributed by atoms with Crippen LogP contribution in [-0.2, 0) is 9.53 Å². The first-order valence-electron chi connectivity index (χ1n) is 4.74. The SMILES string of the molecule is O=C1C2OC2[C@@H]2[C@H]1[C@@H]1C=C[C@H]2C1. The van der Waals surface area contributed by atoms with Crippen LogP contribution in [0.15, 0.2) is 12.2 Å². The van der Waals surface area contributed by atoms with E-state index in [-0.39, 0.29) is 6.10 Å². The molecule has 2 unspecified atom stereocenters. The van der Waals surface area contributed by atoms with Crippen molar-refractivity contribution in [3.05, 3.63) is 12.2 Å². The summed E-state index contributed by atoms with van der Waals surface area (Å²) >= 11 is 0. The minimum absolute atomic E-state index is 0.0187. The van der Waals surface area contributed by atoms with Crippen LogP contribution in [0.2, 0.25) is 0 Å². The molecule has 0 radical (unpaired) electrons. The number of ether oxygens (including phenoxy) is 1. The van der Waals surface area contributed by atoms with Gasteiger partial charge in [0.1, 0.15) is 6.10 Å². The Bertz CT molecular complexity index is 307. The van der Waals surface area contributed by atoms with Crippen LogP contribution in [0.5, 0.6) is 0 Å². The fourth-order valence-corrected chi connectivity index (χ4v) is 3.54. The van der Waals surface area contributed by atoms with E-state index >= 15 is 0 Å². The maximum Gasteiger partial charge on any atom is 0.168 e. The van der Waals surface area contributed by atoms with Gasteiger partial charge < -0.3 is 4.74 Å². The van der Waals surface area contributed by atoms with Gasteiger partial charge in [-0.3, -0.25) is 4.79 Å². The molecule has 62 valence electrons. The molecule has 1 saturated heterocycles. The Balaban J connectivity index is 1.86. The summed E-state index contributed by atoms with van der Waals surface area (Å²) in [7, 11) is 0. The molecule has 2 saturated carbocycles. The van der Waals surface area contributed by atoms with Gasteiger partial charge in [0.25, 0.3) is 0 Å². The van der Waals surface area contributed by atoms with Crippen molar-refractivity contribution in [2.24, 2.45) is 23.7 Å². The van der Waals surface area contributed by atoms with Crippen LogP contribution < -0.4 is 0 Å². The lowest BCUT2D eigenvalue weighted by Crippen LogP contribution is -2.25. The molecule has 3 fully saturated rings. The summed E-state index contributed by atoms with van der Waals surface area (Å²) in [5.41, 5.74) is 0. The third kappa shape index (κ3) is 0.446. The van der Waals surface area contributed by atoms with Crippen molar-refractivity contribution < 1.29 is 9.53 Å². The minimum atomic E-state index is 0.0187. The molecule has 0 N–H and O–H groups in total. The Kier molecular flexibility index (Phi) is 0.756. The molecule has 1 heterocycles. The van der Waals surface area contributed by atoms with E-state index in [9.17, 15) is 4.79 Å². The lowest BCUT2D eigenvalue weighted by atomic mass is 9.85. The molecule has 6 atom stereocenters. The van der Waals surface area contributed by atoms with Crippen LogP contribution >= 0.6 is 0 Å². The number of Topliss-reactive ketones (excluding diaryl/α,β-unsaturated/α-hetero) is 1. The van der Waals surface area contributed by atoms with Crippen LogP contribution in [0.4, 0.5) is 0 Å². The monoisotopic (exact) mass is 162 g/mol. The summed E-state index contributed by atoms with van der Waals surface area (Å²) in [5.74, 6) is 2.56. The average molecular weight is 162 g/mol. The molecule has 0 aromatic carbocycles. The van der Waals surface area contributed by atoms with Gasteiger partial charge in [-0.15, -0.1) is 0 Å². The van der Waals surface area contributed by atoms with Crippen LogP contribution in [0, 0.1) is 23.7 Å². The van der Waals surface area contributed by atoms with Gasteiger partial charge in [0.05, 0.1) is 6.10 Å². The van der Waals surface area contributed by atoms with Crippen molar-refractivity contribution in [2.45, 2.75) is 18.6 Å². The highest BCUT2D eigenvalue weighted by atomic mass is 16.6. The third-order valence-electron chi connectivity index (χ3n) is 4.03. The van der Waals surface area contributed by atoms with Crippen molar-refractivity contribution in [2.75, 3.05) is 0 Å². The number of fused-ring (bicyclic) bond motifs is 7. The number of allylic oxidation sites excluding steroid dienone is 2. The summed E-state index contributed by atoms with van der Waals surface area (Å²) in [6, 6.07) is 0. The summed E-state index contributed by atoms with van der Waals surface area (Å²) in [6.07, 6.45) is 6.10. The van der Waals surface area contributed by atoms with E-state index in [1.807, 2.05) is 0 Å². The number of carbonyl (C=O) groups is 1. The molecule has 0 amide bonds. The minimum Gasteiger partial charge on any atom is -0.361 e. The highest BCUT2D eigenvalue weighted by Crippen LogP contribution is 2.60. The van der Waals surface area contributed by atoms with E-state index in [2.05, 4.69) is 12.2 Å². The zero-order chi connectivity index (χ0) is 7.87. The first-order valence-corrected chi connectivity index (χ1v) is 4.74. The summed E-state index contributed by atoms with van der Waals surface area (Å²) < 4.78 is 5.35. The zero-order valence-corrected chi connectivity index (χ0v) is 6.64. The average Bonchev–Trinajstić information content (AvgIpc) is 2.49. The molecule has 2 nitrogen and oxygen atoms in total. The number of carbonyl (C=O) groups excluding carboxylic acids is 1. The van der Waals surface area contributed by atoms with E-state index in [1.165, 1.54) is 6.42 Å². The number of hydrogen-bond donors (Lipinski definition) is 0. The Morgan fingerprint density at radius 1 is 1.33 bits per heavy atom. The van der Waals surface area contributed by atoms with Gasteiger partial charge >= 0.3 is 0 Å². The summed E-state index contributed by atoms with van der Waals surface area (Å²) in [6.45, 7) is 0. The van der Waals surface area contributed by atoms with Crippen LogP contribution in [0.1, 0.15) is 6.42 Å². The predicted molar refractivity (Wildman–Crippen MR) is 41.4 cm³/mol. The molecule has 2 bridgehead atoms. The van der Waals surface area contributed by atoms with E-state index in [4.69, 9.17) is 4.74 Å². The Morgan fingerprint density at radius 2 is 2.17 bits per heavy atom. The molecule has 0 aromatic rings. The van der Waals surface area contributed by atoms with Crippen molar-refractivity contribution in [3.63, 3.8) is 0 Å². The smallest absolute Gasteiger partial charge is 0.168 e. The third-order valence-corrected chi connectivity index (χ3v) is 4.03. The molecule has 1 aliphatic heterocycles. The lowest BCUT2D eigenvalue weighted by Gasteiger charge is -2.20. The van der Waals surface area contributed by atoms with Gasteiger partial charge in [0, 0.05) is 11.8 Å². The van der Waals surface area contributed by atoms with Crippen molar-refractivity contribution in [1.29, 1.82) is 0 Å². The van der Waals surface area contributed by atoms with Gasteiger partial charge in [-0.25, -0.2) is 0 Å². The molecule has 4 aliphatic rings. The molecule has 0 aromatic heterocycles. The molecule has 4 rings (SSSR count). The van der Waals surface area contributed by atoms with Gasteiger partial charge in [0.15, 0.2) is 5.78 Å². The van der Waals surface area contributed by atoms with Gasteiger partial charge in [-0.05, 0) is 18.3 Å². The van der Waals surface area contributed by atoms with E-state index in [0.29, 0.717) is 35.6 Å². The van der Waals surface area contributed by atoms with E-state index < -0.39 is 0 Å². The summed E-state index contributed by atoms with van der Waals surface area (Å²) in [4.78, 5) is 11.7. The number of ketones is 1. The largest absolute Gasteiger partial charge is 0.361 e. The second-order valence-corrected chi connectivity index (χ2v) is 4.48. The number of epoxide rings is 1. The van der Waals surface area contributed by atoms with E-state index in [1.54, 1.807) is 0 Å². The van der Waals surface area contributed by atoms with Crippen molar-refractivity contribution >= 4 is 5.78 Å². The van der Waals surface area contributed by atoms with Gasteiger partial charge in [-0.1, -0.05) is 12.2 Å². The standard InChI is InChI=1S/C10H10O2/c11-8-6-4-1-2-5(3-4)7(6)9-10(8)12-9/h1-2,4-7,9-10H,3H2/t4-,5+,6-,7+,9?,10?/m1/s1. The van der Waals surface area contributed by atoms with Crippen molar-refractivity contribution in [3.8, 4) is 0 Å². The molecular formula is C10H10O2.